The van der Waals surface area contributed by atoms with E-state index in [9.17, 15) is 14.8 Å². The minimum absolute atomic E-state index is 0.0417. The highest BCUT2D eigenvalue weighted by Gasteiger charge is 2.35. The molecule has 3 atom stereocenters. The molecular formula is C18H19N3O4. The molecule has 3 unspecified atom stereocenters. The molecule has 130 valence electrons. The van der Waals surface area contributed by atoms with Crippen LogP contribution in [0, 0.1) is 11.1 Å². The summed E-state index contributed by atoms with van der Waals surface area (Å²) in [6, 6.07) is 10.1. The molecular weight excluding hydrogens is 322 g/mol. The monoisotopic (exact) mass is 341 g/mol. The summed E-state index contributed by atoms with van der Waals surface area (Å²) in [5, 5.41) is 19.2. The van der Waals surface area contributed by atoms with Crippen molar-refractivity contribution < 1.29 is 15.2 Å². The number of piperidine rings is 1. The number of benzene rings is 1. The molecule has 0 spiro atoms. The molecule has 2 aliphatic heterocycles. The first-order chi connectivity index (χ1) is 12.1. The van der Waals surface area contributed by atoms with Crippen LogP contribution >= 0.6 is 0 Å². The van der Waals surface area contributed by atoms with E-state index in [0.29, 0.717) is 30.9 Å². The van der Waals surface area contributed by atoms with Crippen LogP contribution in [0.15, 0.2) is 41.2 Å². The number of hydrogen-bond donors (Lipinski definition) is 2. The summed E-state index contributed by atoms with van der Waals surface area (Å²) < 4.78 is 1.87. The van der Waals surface area contributed by atoms with E-state index in [2.05, 4.69) is 4.90 Å². The number of rotatable bonds is 3. The summed E-state index contributed by atoms with van der Waals surface area (Å²) in [5.74, 6) is 0.574. The fraction of sp³-hybridized carbons (Fsp3) is 0.333. The molecule has 2 N–H and O–H groups in total. The van der Waals surface area contributed by atoms with E-state index in [-0.39, 0.29) is 17.2 Å². The van der Waals surface area contributed by atoms with E-state index in [1.54, 1.807) is 18.2 Å². The molecule has 1 saturated heterocycles. The lowest BCUT2D eigenvalue weighted by atomic mass is 9.82. The van der Waals surface area contributed by atoms with Gasteiger partial charge in [-0.05, 0) is 24.5 Å². The standard InChI is InChI=1S/C18H19N3O4/c22-11-14-7-15(21(24)25)4-5-16(14)19-8-12-6-13(10-19)17-2-1-3-18(23)20(17)9-12/h1-5,7,11-13,21,24H,6,8-10H2. The molecule has 0 saturated carbocycles. The maximum absolute atomic E-state index is 12.1. The zero-order valence-corrected chi connectivity index (χ0v) is 13.6. The predicted octanol–water partition coefficient (Wildman–Crippen LogP) is 0.688. The van der Waals surface area contributed by atoms with Gasteiger partial charge in [0.1, 0.15) is 0 Å². The molecule has 0 radical (unpaired) electrons. The van der Waals surface area contributed by atoms with Crippen molar-refractivity contribution in [1.82, 2.24) is 4.57 Å². The van der Waals surface area contributed by atoms with E-state index in [1.807, 2.05) is 10.6 Å². The molecule has 0 amide bonds. The lowest BCUT2D eigenvalue weighted by Crippen LogP contribution is -2.99. The zero-order chi connectivity index (χ0) is 17.6. The quantitative estimate of drug-likeness (QED) is 0.633. The van der Waals surface area contributed by atoms with Crippen molar-refractivity contribution >= 4 is 17.7 Å². The molecule has 2 aromatic rings. The first-order valence-electron chi connectivity index (χ1n) is 8.34. The summed E-state index contributed by atoms with van der Waals surface area (Å²) in [6.45, 7) is 2.16. The van der Waals surface area contributed by atoms with Crippen LogP contribution in [0.2, 0.25) is 0 Å². The molecule has 1 aromatic carbocycles. The molecule has 4 rings (SSSR count). The number of carbonyl (C=O) groups is 1. The van der Waals surface area contributed by atoms with Crippen LogP contribution in [0.1, 0.15) is 28.4 Å². The summed E-state index contributed by atoms with van der Waals surface area (Å²) >= 11 is 0. The number of nitrogens with zero attached hydrogens (tertiary/aromatic N) is 2. The van der Waals surface area contributed by atoms with Crippen LogP contribution in [0.25, 0.3) is 0 Å². The number of fused-ring (bicyclic) bond motifs is 4. The Hall–Kier alpha value is -2.48. The average molecular weight is 341 g/mol. The maximum atomic E-state index is 12.1. The zero-order valence-electron chi connectivity index (χ0n) is 13.6. The predicted molar refractivity (Wildman–Crippen MR) is 91.4 cm³/mol. The number of aromatic nitrogens is 1. The molecule has 3 heterocycles. The molecule has 25 heavy (non-hydrogen) atoms. The van der Waals surface area contributed by atoms with E-state index in [0.717, 1.165) is 24.3 Å². The third kappa shape index (κ3) is 2.76. The van der Waals surface area contributed by atoms with Crippen molar-refractivity contribution in [3.63, 3.8) is 0 Å². The average Bonchev–Trinajstić information content (AvgIpc) is 2.62. The number of nitrogens with one attached hydrogen (secondary N) is 1. The normalized spacial score (nSPS) is 23.0. The van der Waals surface area contributed by atoms with E-state index in [1.165, 1.54) is 12.1 Å². The lowest BCUT2D eigenvalue weighted by Gasteiger charge is -2.44. The lowest BCUT2D eigenvalue weighted by molar-refractivity contribution is -0.991. The highest BCUT2D eigenvalue weighted by Crippen LogP contribution is 2.37. The van der Waals surface area contributed by atoms with Crippen LogP contribution < -0.4 is 15.7 Å². The summed E-state index contributed by atoms with van der Waals surface area (Å²) in [5.41, 5.74) is 2.36. The maximum Gasteiger partial charge on any atom is 0.250 e. The second-order valence-electron chi connectivity index (χ2n) is 6.80. The van der Waals surface area contributed by atoms with Crippen molar-refractivity contribution in [2.75, 3.05) is 18.0 Å². The smallest absolute Gasteiger partial charge is 0.250 e. The van der Waals surface area contributed by atoms with E-state index >= 15 is 0 Å². The van der Waals surface area contributed by atoms with Crippen molar-refractivity contribution in [1.29, 1.82) is 0 Å². The van der Waals surface area contributed by atoms with E-state index < -0.39 is 5.23 Å². The number of quaternary nitrogens is 1. The molecule has 1 fully saturated rings. The van der Waals surface area contributed by atoms with Gasteiger partial charge in [-0.3, -0.25) is 9.59 Å². The Balaban J connectivity index is 1.69. The second-order valence-corrected chi connectivity index (χ2v) is 6.80. The minimum Gasteiger partial charge on any atom is -0.595 e. The Morgan fingerprint density at radius 3 is 2.80 bits per heavy atom. The molecule has 2 bridgehead atoms. The Labute approximate surface area is 144 Å². The van der Waals surface area contributed by atoms with Crippen LogP contribution in [-0.4, -0.2) is 29.2 Å². The summed E-state index contributed by atoms with van der Waals surface area (Å²) in [4.78, 5) is 25.7. The van der Waals surface area contributed by atoms with Gasteiger partial charge in [0.25, 0.3) is 5.56 Å². The van der Waals surface area contributed by atoms with Crippen molar-refractivity contribution in [2.45, 2.75) is 18.9 Å². The number of hydrogen-bond acceptors (Lipinski definition) is 5. The Bertz CT molecular complexity index is 877. The third-order valence-corrected chi connectivity index (χ3v) is 5.22. The molecule has 7 nitrogen and oxygen atoms in total. The number of carbonyl (C=O) groups excluding carboxylic acids is 1. The van der Waals surface area contributed by atoms with Gasteiger partial charge in [-0.25, -0.2) is 5.21 Å². The first-order valence-corrected chi connectivity index (χ1v) is 8.34. The fourth-order valence-corrected chi connectivity index (χ4v) is 4.16. The topological polar surface area (TPSA) is 90.0 Å². The largest absolute Gasteiger partial charge is 0.595 e. The third-order valence-electron chi connectivity index (χ3n) is 5.22. The van der Waals surface area contributed by atoms with Crippen LogP contribution in [0.5, 0.6) is 0 Å². The van der Waals surface area contributed by atoms with E-state index in [4.69, 9.17) is 5.21 Å². The number of pyridine rings is 1. The van der Waals surface area contributed by atoms with Gasteiger partial charge < -0.3 is 14.7 Å². The SMILES string of the molecule is O=Cc1cc([NH+]([O-])O)ccc1N1CC2CC(C1)c1cccc(=O)n1C2. The molecule has 7 heteroatoms. The minimum atomic E-state index is -1.04. The Morgan fingerprint density at radius 1 is 1.20 bits per heavy atom. The molecule has 2 aliphatic rings. The van der Waals surface area contributed by atoms with Crippen LogP contribution in [0.4, 0.5) is 11.4 Å². The van der Waals surface area contributed by atoms with Gasteiger partial charge in [0.2, 0.25) is 0 Å². The fourth-order valence-electron chi connectivity index (χ4n) is 4.16. The molecule has 0 aliphatic carbocycles. The summed E-state index contributed by atoms with van der Waals surface area (Å²) in [6.07, 6.45) is 1.74. The van der Waals surface area contributed by atoms with Crippen LogP contribution in [-0.2, 0) is 6.54 Å². The van der Waals surface area contributed by atoms with Gasteiger partial charge in [0.05, 0.1) is 0 Å². The van der Waals surface area contributed by atoms with Crippen molar-refractivity contribution in [2.24, 2.45) is 5.92 Å². The molecule has 1 aromatic heterocycles. The van der Waals surface area contributed by atoms with Crippen molar-refractivity contribution in [3.8, 4) is 0 Å². The van der Waals surface area contributed by atoms with Gasteiger partial charge in [0.15, 0.2) is 12.0 Å². The van der Waals surface area contributed by atoms with Gasteiger partial charge in [-0.1, -0.05) is 6.07 Å². The Kier molecular flexibility index (Phi) is 3.91. The highest BCUT2D eigenvalue weighted by molar-refractivity contribution is 5.86. The Morgan fingerprint density at radius 2 is 2.04 bits per heavy atom. The van der Waals surface area contributed by atoms with Crippen LogP contribution in [0.3, 0.4) is 0 Å². The number of aldehydes is 1. The summed E-state index contributed by atoms with van der Waals surface area (Å²) in [7, 11) is 0. The van der Waals surface area contributed by atoms with Crippen molar-refractivity contribution in [3.05, 3.63) is 63.2 Å². The van der Waals surface area contributed by atoms with Gasteiger partial charge >= 0.3 is 0 Å². The van der Waals surface area contributed by atoms with Gasteiger partial charge in [-0.15, -0.1) is 0 Å². The first kappa shape index (κ1) is 16.0. The second kappa shape index (κ2) is 6.11. The van der Waals surface area contributed by atoms with Gasteiger partial charge in [-0.2, -0.15) is 5.23 Å². The number of anilines is 1. The van der Waals surface area contributed by atoms with Gasteiger partial charge in [0, 0.05) is 60.7 Å². The highest BCUT2D eigenvalue weighted by atomic mass is 16.8.